The van der Waals surface area contributed by atoms with Crippen molar-refractivity contribution in [2.24, 2.45) is 0 Å². The molecular formula is C28H32F3N5OS. The van der Waals surface area contributed by atoms with Crippen molar-refractivity contribution in [2.45, 2.75) is 64.5 Å². The van der Waals surface area contributed by atoms with Crippen LogP contribution in [0.25, 0.3) is 5.57 Å². The van der Waals surface area contributed by atoms with Crippen LogP contribution in [-0.2, 0) is 12.6 Å². The number of allylic oxidation sites excluding steroid dienone is 2. The summed E-state index contributed by atoms with van der Waals surface area (Å²) >= 11 is 5.25. The van der Waals surface area contributed by atoms with E-state index < -0.39 is 11.9 Å². The second-order valence-electron chi connectivity index (χ2n) is 9.26. The minimum atomic E-state index is -4.52. The fourth-order valence-electron chi connectivity index (χ4n) is 5.15. The van der Waals surface area contributed by atoms with Crippen LogP contribution in [0.15, 0.2) is 47.4 Å². The molecule has 0 bridgehead atoms. The van der Waals surface area contributed by atoms with Crippen molar-refractivity contribution < 1.29 is 13.2 Å². The molecule has 1 aliphatic heterocycles. The van der Waals surface area contributed by atoms with Crippen molar-refractivity contribution in [3.05, 3.63) is 85.9 Å². The van der Waals surface area contributed by atoms with Gasteiger partial charge in [-0.15, -0.1) is 0 Å². The first kappa shape index (κ1) is 27.8. The maximum atomic E-state index is 13.5. The van der Waals surface area contributed by atoms with Crippen molar-refractivity contribution in [1.82, 2.24) is 19.9 Å². The smallest absolute Gasteiger partial charge is 0.357 e. The molecule has 4 heterocycles. The van der Waals surface area contributed by atoms with E-state index in [2.05, 4.69) is 19.9 Å². The Kier molecular flexibility index (Phi) is 8.81. The largest absolute Gasteiger partial charge is 0.433 e. The van der Waals surface area contributed by atoms with E-state index in [0.29, 0.717) is 36.8 Å². The summed E-state index contributed by atoms with van der Waals surface area (Å²) < 4.78 is 40.6. The zero-order valence-corrected chi connectivity index (χ0v) is 22.4. The molecule has 1 unspecified atom stereocenters. The summed E-state index contributed by atoms with van der Waals surface area (Å²) in [5.74, 6) is 0.842. The van der Waals surface area contributed by atoms with Crippen molar-refractivity contribution in [1.29, 1.82) is 0 Å². The molecule has 0 aromatic carbocycles. The molecule has 0 amide bonds. The highest BCUT2D eigenvalue weighted by molar-refractivity contribution is 7.71. The molecule has 3 aromatic heterocycles. The van der Waals surface area contributed by atoms with Gasteiger partial charge in [-0.2, -0.15) is 13.2 Å². The van der Waals surface area contributed by atoms with Gasteiger partial charge in [0.2, 0.25) is 0 Å². The Morgan fingerprint density at radius 1 is 1.11 bits per heavy atom. The summed E-state index contributed by atoms with van der Waals surface area (Å²) in [6.45, 7) is 5.95. The van der Waals surface area contributed by atoms with Gasteiger partial charge in [-0.3, -0.25) is 14.8 Å². The van der Waals surface area contributed by atoms with Crippen LogP contribution in [0.4, 0.5) is 19.0 Å². The number of anilines is 1. The number of hydrogen-bond acceptors (Lipinski definition) is 5. The Balaban J connectivity index is 0.00000164. The van der Waals surface area contributed by atoms with Gasteiger partial charge in [0.1, 0.15) is 5.82 Å². The number of rotatable bonds is 5. The maximum absolute atomic E-state index is 13.5. The lowest BCUT2D eigenvalue weighted by atomic mass is 9.82. The van der Waals surface area contributed by atoms with Crippen LogP contribution in [0.2, 0.25) is 0 Å². The Morgan fingerprint density at radius 3 is 2.55 bits per heavy atom. The molecule has 0 radical (unpaired) electrons. The van der Waals surface area contributed by atoms with Crippen LogP contribution in [0, 0.1) is 4.77 Å². The number of nitrogens with one attached hydrogen (secondary N) is 2. The average molecular weight is 544 g/mol. The molecule has 1 fully saturated rings. The molecule has 1 aliphatic carbocycles. The number of alkyl halides is 3. The molecule has 10 heteroatoms. The van der Waals surface area contributed by atoms with Gasteiger partial charge < -0.3 is 9.88 Å². The van der Waals surface area contributed by atoms with Gasteiger partial charge in [0.05, 0.1) is 0 Å². The van der Waals surface area contributed by atoms with E-state index in [1.54, 1.807) is 0 Å². The first-order valence-corrected chi connectivity index (χ1v) is 13.5. The van der Waals surface area contributed by atoms with Crippen LogP contribution >= 0.6 is 12.2 Å². The van der Waals surface area contributed by atoms with Gasteiger partial charge in [0.25, 0.3) is 5.56 Å². The quantitative estimate of drug-likeness (QED) is 0.346. The monoisotopic (exact) mass is 543 g/mol. The summed E-state index contributed by atoms with van der Waals surface area (Å²) in [7, 11) is 0. The molecule has 0 spiro atoms. The summed E-state index contributed by atoms with van der Waals surface area (Å²) in [6, 6.07) is 8.83. The minimum absolute atomic E-state index is 0.0690. The number of H-pyrrole nitrogens is 2. The Labute approximate surface area is 225 Å². The topological polar surface area (TPSA) is 77.7 Å². The van der Waals surface area contributed by atoms with E-state index in [-0.39, 0.29) is 21.8 Å². The highest BCUT2D eigenvalue weighted by Gasteiger charge is 2.36. The number of nitrogens with zero attached hydrogens (tertiary/aromatic N) is 3. The fourth-order valence-corrected chi connectivity index (χ4v) is 5.36. The van der Waals surface area contributed by atoms with E-state index >= 15 is 0 Å². The van der Waals surface area contributed by atoms with Gasteiger partial charge in [0.15, 0.2) is 10.5 Å². The van der Waals surface area contributed by atoms with Crippen LogP contribution in [0.5, 0.6) is 0 Å². The van der Waals surface area contributed by atoms with Gasteiger partial charge >= 0.3 is 6.18 Å². The van der Waals surface area contributed by atoms with Crippen LogP contribution in [0.1, 0.15) is 80.1 Å². The molecular weight excluding hydrogens is 511 g/mol. The molecule has 1 atom stereocenters. The highest BCUT2D eigenvalue weighted by atomic mass is 32.1. The van der Waals surface area contributed by atoms with E-state index in [1.807, 2.05) is 38.1 Å². The summed E-state index contributed by atoms with van der Waals surface area (Å²) in [4.78, 5) is 29.4. The first-order valence-electron chi connectivity index (χ1n) is 13.1. The summed E-state index contributed by atoms with van der Waals surface area (Å²) in [5.41, 5.74) is 1.69. The molecule has 2 aliphatic rings. The molecule has 1 saturated heterocycles. The standard InChI is InChI=1S/C26H26F3N5OS.C2H6/c27-26(28,29)23-19(6-4-12-30-23)16-8-10-17(11-9-16)22-20(24(35)33-25(36)32-22)15-18-5-3-7-21(31-18)34-13-1-2-14-34;1-2/h3-8,12,17H,1-2,9-11,13-15H2,(H2,32,33,35,36);1-2H3. The average Bonchev–Trinajstić information content (AvgIpc) is 3.46. The van der Waals surface area contributed by atoms with Crippen LogP contribution < -0.4 is 10.5 Å². The van der Waals surface area contributed by atoms with Crippen molar-refractivity contribution in [3.63, 3.8) is 0 Å². The van der Waals surface area contributed by atoms with Crippen LogP contribution in [0.3, 0.4) is 0 Å². The lowest BCUT2D eigenvalue weighted by molar-refractivity contribution is -0.141. The van der Waals surface area contributed by atoms with E-state index in [9.17, 15) is 18.0 Å². The van der Waals surface area contributed by atoms with Crippen molar-refractivity contribution >= 4 is 23.6 Å². The third-order valence-corrected chi connectivity index (χ3v) is 7.10. The number of aromatic nitrogens is 4. The lowest BCUT2D eigenvalue weighted by Crippen LogP contribution is -2.22. The van der Waals surface area contributed by atoms with Crippen LogP contribution in [-0.4, -0.2) is 33.0 Å². The Hall–Kier alpha value is -3.27. The van der Waals surface area contributed by atoms with Crippen molar-refractivity contribution in [2.75, 3.05) is 18.0 Å². The molecule has 2 N–H and O–H groups in total. The molecule has 38 heavy (non-hydrogen) atoms. The third-order valence-electron chi connectivity index (χ3n) is 6.90. The Morgan fingerprint density at radius 2 is 1.87 bits per heavy atom. The van der Waals surface area contributed by atoms with E-state index in [1.165, 1.54) is 12.1 Å². The van der Waals surface area contributed by atoms with E-state index in [4.69, 9.17) is 17.2 Å². The first-order chi connectivity index (χ1) is 18.3. The van der Waals surface area contributed by atoms with Crippen molar-refractivity contribution in [3.8, 4) is 0 Å². The molecule has 202 valence electrons. The molecule has 0 saturated carbocycles. The SMILES string of the molecule is CC.O=c1[nH]c(=S)[nH]c(C2CC=C(c3cccnc3C(F)(F)F)CC2)c1Cc1cccc(N2CCCC2)n1. The number of aromatic amines is 2. The second kappa shape index (κ2) is 12.1. The summed E-state index contributed by atoms with van der Waals surface area (Å²) in [5, 5.41) is 0. The Bertz CT molecular complexity index is 1410. The minimum Gasteiger partial charge on any atom is -0.357 e. The third kappa shape index (κ3) is 6.23. The predicted octanol–water partition coefficient (Wildman–Crippen LogP) is 6.81. The van der Waals surface area contributed by atoms with E-state index in [0.717, 1.165) is 49.3 Å². The number of halogens is 3. The zero-order valence-electron chi connectivity index (χ0n) is 21.6. The van der Waals surface area contributed by atoms with Gasteiger partial charge in [-0.1, -0.05) is 32.1 Å². The predicted molar refractivity (Wildman–Crippen MR) is 146 cm³/mol. The number of pyridine rings is 2. The molecule has 5 rings (SSSR count). The fraction of sp³-hybridized carbons (Fsp3) is 0.429. The van der Waals surface area contributed by atoms with Gasteiger partial charge in [0, 0.05) is 54.1 Å². The highest BCUT2D eigenvalue weighted by Crippen LogP contribution is 2.40. The second-order valence-corrected chi connectivity index (χ2v) is 9.66. The number of hydrogen-bond donors (Lipinski definition) is 2. The molecule has 3 aromatic rings. The van der Waals surface area contributed by atoms with Gasteiger partial charge in [-0.05, 0) is 68.1 Å². The molecule has 6 nitrogen and oxygen atoms in total. The normalized spacial score (nSPS) is 17.6. The zero-order chi connectivity index (χ0) is 27.3. The van der Waals surface area contributed by atoms with Gasteiger partial charge in [-0.25, -0.2) is 4.98 Å². The summed E-state index contributed by atoms with van der Waals surface area (Å²) in [6.07, 6.45) is 2.61. The lowest BCUT2D eigenvalue weighted by Gasteiger charge is -2.25. The maximum Gasteiger partial charge on any atom is 0.433 e.